The molecule has 0 aliphatic heterocycles. The minimum Gasteiger partial charge on any atom is -0.384 e. The highest BCUT2D eigenvalue weighted by atomic mass is 32.2. The quantitative estimate of drug-likeness (QED) is 0.803. The number of aromatic nitrogens is 5. The molecule has 0 radical (unpaired) electrons. The van der Waals surface area contributed by atoms with Crippen molar-refractivity contribution in [3.05, 3.63) is 18.2 Å². The molecule has 2 N–H and O–H groups in total. The average Bonchev–Trinajstić information content (AvgIpc) is 2.72. The second kappa shape index (κ2) is 5.78. The lowest BCUT2D eigenvalue weighted by atomic mass is 10.5. The predicted octanol–water partition coefficient (Wildman–Crippen LogP) is 0.875. The minimum absolute atomic E-state index is 0.355. The average molecular weight is 266 g/mol. The van der Waals surface area contributed by atoms with E-state index in [4.69, 9.17) is 10.5 Å². The SMILES string of the molecule is CCOCc1nc(N)cc(Sc2ncnn2C)n1. The molecule has 0 unspecified atom stereocenters. The normalized spacial score (nSPS) is 10.8. The van der Waals surface area contributed by atoms with Crippen LogP contribution in [0, 0.1) is 0 Å². The van der Waals surface area contributed by atoms with E-state index in [1.165, 1.54) is 18.1 Å². The fraction of sp³-hybridized carbons (Fsp3) is 0.400. The molecule has 2 heterocycles. The molecule has 2 aromatic rings. The van der Waals surface area contributed by atoms with Gasteiger partial charge in [-0.2, -0.15) is 5.10 Å². The van der Waals surface area contributed by atoms with Gasteiger partial charge in [-0.1, -0.05) is 0 Å². The lowest BCUT2D eigenvalue weighted by Crippen LogP contribution is -2.03. The number of aryl methyl sites for hydroxylation is 1. The van der Waals surface area contributed by atoms with E-state index < -0.39 is 0 Å². The van der Waals surface area contributed by atoms with Gasteiger partial charge in [0.05, 0.1) is 0 Å². The van der Waals surface area contributed by atoms with Gasteiger partial charge >= 0.3 is 0 Å². The van der Waals surface area contributed by atoms with Crippen LogP contribution in [0.4, 0.5) is 5.82 Å². The molecule has 0 spiro atoms. The first-order valence-electron chi connectivity index (χ1n) is 5.42. The first-order valence-corrected chi connectivity index (χ1v) is 6.23. The van der Waals surface area contributed by atoms with Crippen LogP contribution in [0.2, 0.25) is 0 Å². The van der Waals surface area contributed by atoms with Gasteiger partial charge in [0.15, 0.2) is 11.0 Å². The minimum atomic E-state index is 0.355. The Hall–Kier alpha value is -1.67. The standard InChI is InChI=1S/C10H14N6OS/c1-3-17-5-8-14-7(11)4-9(15-8)18-10-12-6-13-16(10)2/h4,6H,3,5H2,1-2H3,(H2,11,14,15). The summed E-state index contributed by atoms with van der Waals surface area (Å²) in [6.07, 6.45) is 1.49. The lowest BCUT2D eigenvalue weighted by Gasteiger charge is -2.05. The summed E-state index contributed by atoms with van der Waals surface area (Å²) < 4.78 is 6.94. The van der Waals surface area contributed by atoms with Crippen molar-refractivity contribution in [1.82, 2.24) is 24.7 Å². The molecule has 96 valence electrons. The van der Waals surface area contributed by atoms with Gasteiger partial charge in [0.25, 0.3) is 0 Å². The highest BCUT2D eigenvalue weighted by molar-refractivity contribution is 7.99. The first kappa shape index (κ1) is 12.8. The van der Waals surface area contributed by atoms with E-state index >= 15 is 0 Å². The van der Waals surface area contributed by atoms with Crippen LogP contribution in [0.1, 0.15) is 12.7 Å². The van der Waals surface area contributed by atoms with E-state index in [9.17, 15) is 0 Å². The number of nitrogen functional groups attached to an aromatic ring is 1. The van der Waals surface area contributed by atoms with Gasteiger partial charge in [-0.05, 0) is 18.7 Å². The Labute approximate surface area is 109 Å². The molecule has 2 rings (SSSR count). The number of anilines is 1. The second-order valence-electron chi connectivity index (χ2n) is 3.45. The van der Waals surface area contributed by atoms with E-state index in [1.54, 1.807) is 10.7 Å². The molecule has 0 saturated heterocycles. The summed E-state index contributed by atoms with van der Waals surface area (Å²) in [5, 5.41) is 5.47. The van der Waals surface area contributed by atoms with Crippen molar-refractivity contribution >= 4 is 17.6 Å². The molecule has 18 heavy (non-hydrogen) atoms. The molecule has 0 saturated carbocycles. The van der Waals surface area contributed by atoms with Crippen molar-refractivity contribution in [1.29, 1.82) is 0 Å². The van der Waals surface area contributed by atoms with Gasteiger partial charge in [-0.3, -0.25) is 0 Å². The van der Waals surface area contributed by atoms with Gasteiger partial charge in [0.1, 0.15) is 23.8 Å². The molecule has 7 nitrogen and oxygen atoms in total. The molecular formula is C10H14N6OS. The molecule has 0 aliphatic carbocycles. The van der Waals surface area contributed by atoms with Crippen LogP contribution < -0.4 is 5.73 Å². The number of nitrogens with zero attached hydrogens (tertiary/aromatic N) is 5. The first-order chi connectivity index (χ1) is 8.69. The number of ether oxygens (including phenoxy) is 1. The van der Waals surface area contributed by atoms with Crippen molar-refractivity contribution in [2.45, 2.75) is 23.7 Å². The molecule has 0 fully saturated rings. The van der Waals surface area contributed by atoms with Crippen molar-refractivity contribution in [3.8, 4) is 0 Å². The lowest BCUT2D eigenvalue weighted by molar-refractivity contribution is 0.128. The van der Waals surface area contributed by atoms with Crippen LogP contribution >= 0.6 is 11.8 Å². The molecule has 8 heteroatoms. The molecular weight excluding hydrogens is 252 g/mol. The fourth-order valence-electron chi connectivity index (χ4n) is 1.27. The maximum atomic E-state index is 5.74. The predicted molar refractivity (Wildman–Crippen MR) is 66.9 cm³/mol. The molecule has 0 atom stereocenters. The van der Waals surface area contributed by atoms with Gasteiger partial charge in [-0.25, -0.2) is 19.6 Å². The number of nitrogens with two attached hydrogens (primary N) is 1. The summed E-state index contributed by atoms with van der Waals surface area (Å²) in [4.78, 5) is 12.6. The third-order valence-corrected chi connectivity index (χ3v) is 3.04. The Bertz CT molecular complexity index is 529. The zero-order valence-electron chi connectivity index (χ0n) is 10.2. The second-order valence-corrected chi connectivity index (χ2v) is 4.44. The summed E-state index contributed by atoms with van der Waals surface area (Å²) in [5.74, 6) is 0.992. The van der Waals surface area contributed by atoms with E-state index in [1.807, 2.05) is 14.0 Å². The summed E-state index contributed by atoms with van der Waals surface area (Å²) in [6, 6.07) is 1.70. The maximum absolute atomic E-state index is 5.74. The summed E-state index contributed by atoms with van der Waals surface area (Å²) in [7, 11) is 1.82. The number of rotatable bonds is 5. The zero-order chi connectivity index (χ0) is 13.0. The van der Waals surface area contributed by atoms with Crippen molar-refractivity contribution in [2.24, 2.45) is 7.05 Å². The Morgan fingerprint density at radius 3 is 2.94 bits per heavy atom. The van der Waals surface area contributed by atoms with Crippen LogP contribution in [0.3, 0.4) is 0 Å². The molecule has 0 bridgehead atoms. The van der Waals surface area contributed by atoms with Gasteiger partial charge < -0.3 is 10.5 Å². The van der Waals surface area contributed by atoms with Crippen molar-refractivity contribution < 1.29 is 4.74 Å². The Kier molecular flexibility index (Phi) is 4.11. The molecule has 0 aromatic carbocycles. The number of hydrogen-bond acceptors (Lipinski definition) is 7. The third kappa shape index (κ3) is 3.17. The monoisotopic (exact) mass is 266 g/mol. The zero-order valence-corrected chi connectivity index (χ0v) is 11.0. The summed E-state index contributed by atoms with van der Waals surface area (Å²) >= 11 is 1.39. The highest BCUT2D eigenvalue weighted by Crippen LogP contribution is 2.24. The molecule has 2 aromatic heterocycles. The molecule has 0 aliphatic rings. The van der Waals surface area contributed by atoms with E-state index in [0.717, 1.165) is 10.2 Å². The third-order valence-electron chi connectivity index (χ3n) is 2.07. The van der Waals surface area contributed by atoms with Crippen molar-refractivity contribution in [3.63, 3.8) is 0 Å². The maximum Gasteiger partial charge on any atom is 0.192 e. The topological polar surface area (TPSA) is 91.7 Å². The Morgan fingerprint density at radius 2 is 2.28 bits per heavy atom. The molecule has 0 amide bonds. The largest absolute Gasteiger partial charge is 0.384 e. The van der Waals surface area contributed by atoms with Crippen molar-refractivity contribution in [2.75, 3.05) is 12.3 Å². The smallest absolute Gasteiger partial charge is 0.192 e. The van der Waals surface area contributed by atoms with Crippen LogP contribution in [0.15, 0.2) is 22.6 Å². The van der Waals surface area contributed by atoms with Gasteiger partial charge in [-0.15, -0.1) is 0 Å². The van der Waals surface area contributed by atoms with Crippen LogP contribution in [-0.2, 0) is 18.4 Å². The fourth-order valence-corrected chi connectivity index (χ4v) is 2.07. The number of hydrogen-bond donors (Lipinski definition) is 1. The van der Waals surface area contributed by atoms with E-state index in [2.05, 4.69) is 20.1 Å². The van der Waals surface area contributed by atoms with E-state index in [0.29, 0.717) is 24.9 Å². The summed E-state index contributed by atoms with van der Waals surface area (Å²) in [5.41, 5.74) is 5.74. The summed E-state index contributed by atoms with van der Waals surface area (Å²) in [6.45, 7) is 2.89. The van der Waals surface area contributed by atoms with Gasteiger partial charge in [0.2, 0.25) is 0 Å². The highest BCUT2D eigenvalue weighted by Gasteiger charge is 2.08. The van der Waals surface area contributed by atoms with Gasteiger partial charge in [0, 0.05) is 19.7 Å². The van der Waals surface area contributed by atoms with Crippen LogP contribution in [0.25, 0.3) is 0 Å². The van der Waals surface area contributed by atoms with Crippen LogP contribution in [0.5, 0.6) is 0 Å². The van der Waals surface area contributed by atoms with E-state index in [-0.39, 0.29) is 0 Å². The van der Waals surface area contributed by atoms with Crippen LogP contribution in [-0.4, -0.2) is 31.3 Å². The Balaban J connectivity index is 2.17. The Morgan fingerprint density at radius 1 is 1.44 bits per heavy atom.